The largest absolute Gasteiger partial charge is 0.311 e. The zero-order valence-corrected chi connectivity index (χ0v) is 12.6. The molecule has 1 aromatic carbocycles. The van der Waals surface area contributed by atoms with Crippen molar-refractivity contribution in [1.82, 2.24) is 10.2 Å². The van der Waals surface area contributed by atoms with E-state index in [1.165, 1.54) is 6.07 Å². The molecule has 0 radical (unpaired) electrons. The van der Waals surface area contributed by atoms with Crippen molar-refractivity contribution in [3.05, 3.63) is 35.6 Å². The smallest absolute Gasteiger partial charge is 0.251 e. The quantitative estimate of drug-likeness (QED) is 0.896. The summed E-state index contributed by atoms with van der Waals surface area (Å²) in [7, 11) is 0. The first-order valence-electron chi connectivity index (χ1n) is 8.13. The van der Waals surface area contributed by atoms with E-state index in [0.717, 1.165) is 44.3 Å². The number of nitrogens with zero attached hydrogens (tertiary/aromatic N) is 1. The Labute approximate surface area is 129 Å². The van der Waals surface area contributed by atoms with Gasteiger partial charge in [-0.1, -0.05) is 18.2 Å². The third-order valence-corrected chi connectivity index (χ3v) is 4.94. The lowest BCUT2D eigenvalue weighted by Gasteiger charge is -2.41. The number of hydrogen-bond donors (Lipinski definition) is 1. The van der Waals surface area contributed by atoms with Crippen molar-refractivity contribution < 1.29 is 13.2 Å². The van der Waals surface area contributed by atoms with Crippen LogP contribution < -0.4 is 5.32 Å². The van der Waals surface area contributed by atoms with Crippen LogP contribution in [-0.2, 0) is 0 Å². The van der Waals surface area contributed by atoms with Gasteiger partial charge in [-0.15, -0.1) is 0 Å². The Morgan fingerprint density at radius 2 is 1.77 bits per heavy atom. The van der Waals surface area contributed by atoms with E-state index in [1.807, 2.05) is 17.0 Å². The minimum atomic E-state index is -2.24. The molecule has 1 heterocycles. The Morgan fingerprint density at radius 1 is 1.09 bits per heavy atom. The second kappa shape index (κ2) is 7.01. The molecular weight excluding hydrogens is 289 g/mol. The summed E-state index contributed by atoms with van der Waals surface area (Å²) in [6.07, 6.45) is 1.55. The fourth-order valence-corrected chi connectivity index (χ4v) is 3.62. The summed E-state index contributed by atoms with van der Waals surface area (Å²) in [4.78, 5) is 1.84. The van der Waals surface area contributed by atoms with Gasteiger partial charge in [0.2, 0.25) is 0 Å². The van der Waals surface area contributed by atoms with Crippen molar-refractivity contribution >= 4 is 0 Å². The predicted molar refractivity (Wildman–Crippen MR) is 80.8 cm³/mol. The lowest BCUT2D eigenvalue weighted by molar-refractivity contribution is 0.0701. The van der Waals surface area contributed by atoms with E-state index in [1.54, 1.807) is 6.07 Å². The van der Waals surface area contributed by atoms with Crippen LogP contribution in [0.25, 0.3) is 0 Å². The molecule has 1 saturated heterocycles. The van der Waals surface area contributed by atoms with Crippen LogP contribution in [0.1, 0.15) is 37.2 Å². The maximum atomic E-state index is 13.7. The maximum Gasteiger partial charge on any atom is 0.251 e. The first-order chi connectivity index (χ1) is 10.6. The highest BCUT2D eigenvalue weighted by atomic mass is 19.3. The molecule has 0 atom stereocenters. The van der Waals surface area contributed by atoms with Gasteiger partial charge >= 0.3 is 0 Å². The average molecular weight is 312 g/mol. The van der Waals surface area contributed by atoms with Crippen molar-refractivity contribution in [3.63, 3.8) is 0 Å². The van der Waals surface area contributed by atoms with Gasteiger partial charge in [0.15, 0.2) is 0 Å². The number of nitrogens with one attached hydrogen (secondary N) is 1. The van der Waals surface area contributed by atoms with E-state index in [0.29, 0.717) is 18.0 Å². The molecule has 2 fully saturated rings. The molecule has 1 N–H and O–H groups in total. The van der Waals surface area contributed by atoms with Gasteiger partial charge in [-0.05, 0) is 56.3 Å². The Hall–Kier alpha value is -1.07. The summed E-state index contributed by atoms with van der Waals surface area (Å²) in [6, 6.07) is 7.86. The maximum absolute atomic E-state index is 13.7. The molecule has 1 aliphatic carbocycles. The van der Waals surface area contributed by atoms with E-state index >= 15 is 0 Å². The molecule has 122 valence electrons. The van der Waals surface area contributed by atoms with Gasteiger partial charge in [0.25, 0.3) is 6.43 Å². The molecule has 2 nitrogen and oxygen atoms in total. The number of benzene rings is 1. The van der Waals surface area contributed by atoms with Crippen LogP contribution in [-0.4, -0.2) is 43.0 Å². The summed E-state index contributed by atoms with van der Waals surface area (Å²) in [5, 5.41) is 3.61. The van der Waals surface area contributed by atoms with Gasteiger partial charge in [0.05, 0.1) is 6.54 Å². The molecule has 0 bridgehead atoms. The summed E-state index contributed by atoms with van der Waals surface area (Å²) < 4.78 is 38.4. The van der Waals surface area contributed by atoms with E-state index in [9.17, 15) is 13.2 Å². The van der Waals surface area contributed by atoms with E-state index < -0.39 is 6.43 Å². The molecule has 1 aromatic rings. The molecule has 22 heavy (non-hydrogen) atoms. The van der Waals surface area contributed by atoms with Crippen LogP contribution >= 0.6 is 0 Å². The average Bonchev–Trinajstić information content (AvgIpc) is 2.45. The highest BCUT2D eigenvalue weighted by Crippen LogP contribution is 2.38. The summed E-state index contributed by atoms with van der Waals surface area (Å²) in [5.41, 5.74) is 0.826. The first-order valence-corrected chi connectivity index (χ1v) is 8.13. The van der Waals surface area contributed by atoms with E-state index in [4.69, 9.17) is 0 Å². The van der Waals surface area contributed by atoms with Crippen molar-refractivity contribution in [1.29, 1.82) is 0 Å². The van der Waals surface area contributed by atoms with Crippen LogP contribution in [0.5, 0.6) is 0 Å². The topological polar surface area (TPSA) is 15.3 Å². The lowest BCUT2D eigenvalue weighted by atomic mass is 9.75. The second-order valence-corrected chi connectivity index (χ2v) is 6.52. The van der Waals surface area contributed by atoms with Crippen LogP contribution in [0.15, 0.2) is 24.3 Å². The minimum absolute atomic E-state index is 0.105. The Bertz CT molecular complexity index is 481. The van der Waals surface area contributed by atoms with Gasteiger partial charge in [0, 0.05) is 12.1 Å². The summed E-state index contributed by atoms with van der Waals surface area (Å²) in [6.45, 7) is 1.38. The van der Waals surface area contributed by atoms with Crippen molar-refractivity contribution in [2.45, 2.75) is 50.1 Å². The third-order valence-electron chi connectivity index (χ3n) is 4.94. The summed E-state index contributed by atoms with van der Waals surface area (Å²) in [5.74, 6) is 0.212. The molecule has 1 saturated carbocycles. The molecule has 1 aliphatic heterocycles. The molecule has 0 amide bonds. The highest BCUT2D eigenvalue weighted by Gasteiger charge is 2.33. The number of likely N-dealkylation sites (tertiary alicyclic amines) is 1. The third kappa shape index (κ3) is 3.82. The van der Waals surface area contributed by atoms with Crippen LogP contribution in [0.4, 0.5) is 13.2 Å². The second-order valence-electron chi connectivity index (χ2n) is 6.52. The van der Waals surface area contributed by atoms with Crippen LogP contribution in [0.2, 0.25) is 0 Å². The molecular formula is C17H23F3N2. The first kappa shape index (κ1) is 15.8. The van der Waals surface area contributed by atoms with Crippen molar-refractivity contribution in [2.75, 3.05) is 19.6 Å². The number of alkyl halides is 2. The van der Waals surface area contributed by atoms with Crippen LogP contribution in [0.3, 0.4) is 0 Å². The number of hydrogen-bond acceptors (Lipinski definition) is 2. The zero-order chi connectivity index (χ0) is 15.5. The molecule has 0 spiro atoms. The normalized spacial score (nSPS) is 27.1. The lowest BCUT2D eigenvalue weighted by Crippen LogP contribution is -2.50. The number of piperidine rings is 1. The van der Waals surface area contributed by atoms with Crippen LogP contribution in [0, 0.1) is 5.82 Å². The van der Waals surface area contributed by atoms with Gasteiger partial charge < -0.3 is 5.32 Å². The highest BCUT2D eigenvalue weighted by molar-refractivity contribution is 5.24. The fourth-order valence-electron chi connectivity index (χ4n) is 3.62. The molecule has 3 rings (SSSR count). The van der Waals surface area contributed by atoms with Crippen molar-refractivity contribution in [2.24, 2.45) is 0 Å². The summed E-state index contributed by atoms with van der Waals surface area (Å²) >= 11 is 0. The molecule has 0 aromatic heterocycles. The SMILES string of the molecule is Fc1ccccc1C1CC(NC2CCN(CC(F)F)CC2)C1. The van der Waals surface area contributed by atoms with Gasteiger partial charge in [0.1, 0.15) is 5.82 Å². The van der Waals surface area contributed by atoms with Gasteiger partial charge in [-0.3, -0.25) is 4.90 Å². The predicted octanol–water partition coefficient (Wildman–Crippen LogP) is 3.39. The standard InChI is InChI=1S/C17H23F3N2/c18-16-4-2-1-3-15(16)12-9-14(10-12)21-13-5-7-22(8-6-13)11-17(19)20/h1-4,12-14,17,21H,5-11H2. The van der Waals surface area contributed by atoms with Gasteiger partial charge in [-0.2, -0.15) is 0 Å². The monoisotopic (exact) mass is 312 g/mol. The minimum Gasteiger partial charge on any atom is -0.311 e. The molecule has 5 heteroatoms. The number of halogens is 3. The van der Waals surface area contributed by atoms with Gasteiger partial charge in [-0.25, -0.2) is 13.2 Å². The zero-order valence-electron chi connectivity index (χ0n) is 12.6. The Kier molecular flexibility index (Phi) is 5.03. The van der Waals surface area contributed by atoms with Crippen molar-refractivity contribution in [3.8, 4) is 0 Å². The number of rotatable bonds is 5. The van der Waals surface area contributed by atoms with E-state index in [-0.39, 0.29) is 12.4 Å². The molecule has 0 unspecified atom stereocenters. The Morgan fingerprint density at radius 3 is 2.41 bits per heavy atom. The molecule has 2 aliphatic rings. The Balaban J connectivity index is 1.39. The van der Waals surface area contributed by atoms with E-state index in [2.05, 4.69) is 5.32 Å². The fraction of sp³-hybridized carbons (Fsp3) is 0.647.